The smallest absolute Gasteiger partial charge is 0.245 e. The molecular formula is C25H46N4O2. The largest absolute Gasteiger partial charge is 0.333 e. The van der Waals surface area contributed by atoms with Crippen LogP contribution in [-0.4, -0.2) is 39.6 Å². The van der Waals surface area contributed by atoms with Crippen LogP contribution >= 0.6 is 0 Å². The Balaban J connectivity index is 2.76. The van der Waals surface area contributed by atoms with E-state index in [-0.39, 0.29) is 29.3 Å². The number of anilines is 1. The van der Waals surface area contributed by atoms with Crippen LogP contribution in [0.2, 0.25) is 0 Å². The van der Waals surface area contributed by atoms with Gasteiger partial charge in [0, 0.05) is 24.4 Å². The van der Waals surface area contributed by atoms with Crippen LogP contribution in [0.15, 0.2) is 6.07 Å². The second-order valence-electron chi connectivity index (χ2n) is 10.6. The van der Waals surface area contributed by atoms with Crippen LogP contribution in [0.1, 0.15) is 112 Å². The fourth-order valence-corrected chi connectivity index (χ4v) is 3.48. The highest BCUT2D eigenvalue weighted by atomic mass is 16.2. The molecule has 0 aliphatic heterocycles. The van der Waals surface area contributed by atoms with Crippen LogP contribution < -0.4 is 5.32 Å². The van der Waals surface area contributed by atoms with Gasteiger partial charge >= 0.3 is 0 Å². The van der Waals surface area contributed by atoms with Crippen molar-refractivity contribution < 1.29 is 9.59 Å². The molecule has 1 aromatic heterocycles. The van der Waals surface area contributed by atoms with E-state index in [1.807, 2.05) is 17.7 Å². The van der Waals surface area contributed by atoms with E-state index in [1.165, 1.54) is 25.7 Å². The molecule has 0 aliphatic carbocycles. The summed E-state index contributed by atoms with van der Waals surface area (Å²) in [5.74, 6) is 0.588. The summed E-state index contributed by atoms with van der Waals surface area (Å²) in [6.45, 7) is 17.5. The number of carbonyl (C=O) groups excluding carboxylic acids is 2. The molecule has 0 saturated heterocycles. The minimum Gasteiger partial charge on any atom is -0.333 e. The first-order chi connectivity index (χ1) is 14.4. The van der Waals surface area contributed by atoms with Crippen molar-refractivity contribution in [1.29, 1.82) is 0 Å². The van der Waals surface area contributed by atoms with Crippen LogP contribution in [0.4, 0.5) is 5.82 Å². The summed E-state index contributed by atoms with van der Waals surface area (Å²) in [5, 5.41) is 7.76. The second kappa shape index (κ2) is 12.3. The Bertz CT molecular complexity index is 695. The zero-order valence-electron chi connectivity index (χ0n) is 21.3. The molecule has 0 bridgehead atoms. The number of aromatic nitrogens is 2. The van der Waals surface area contributed by atoms with Gasteiger partial charge in [-0.15, -0.1) is 0 Å². The van der Waals surface area contributed by atoms with Crippen molar-refractivity contribution in [3.8, 4) is 0 Å². The summed E-state index contributed by atoms with van der Waals surface area (Å²) >= 11 is 0. The van der Waals surface area contributed by atoms with Crippen molar-refractivity contribution in [1.82, 2.24) is 14.7 Å². The lowest BCUT2D eigenvalue weighted by molar-refractivity contribution is -0.134. The molecule has 0 fully saturated rings. The van der Waals surface area contributed by atoms with Crippen molar-refractivity contribution in [3.63, 3.8) is 0 Å². The Morgan fingerprint density at radius 1 is 0.968 bits per heavy atom. The van der Waals surface area contributed by atoms with Gasteiger partial charge in [0.2, 0.25) is 11.8 Å². The number of nitrogens with one attached hydrogen (secondary N) is 1. The Hall–Kier alpha value is -1.85. The van der Waals surface area contributed by atoms with Gasteiger partial charge in [0.1, 0.15) is 5.82 Å². The Morgan fingerprint density at radius 3 is 2.13 bits per heavy atom. The highest BCUT2D eigenvalue weighted by Gasteiger charge is 2.26. The first-order valence-corrected chi connectivity index (χ1v) is 12.1. The third-order valence-corrected chi connectivity index (χ3v) is 5.31. The van der Waals surface area contributed by atoms with E-state index in [9.17, 15) is 9.59 Å². The number of amides is 2. The lowest BCUT2D eigenvalue weighted by atomic mass is 9.92. The summed E-state index contributed by atoms with van der Waals surface area (Å²) < 4.78 is 1.87. The van der Waals surface area contributed by atoms with E-state index in [2.05, 4.69) is 53.8 Å². The molecule has 1 heterocycles. The highest BCUT2D eigenvalue weighted by molar-refractivity contribution is 5.94. The molecule has 2 amide bonds. The molecule has 1 rings (SSSR count). The average Bonchev–Trinajstić information content (AvgIpc) is 3.08. The second-order valence-corrected chi connectivity index (χ2v) is 10.6. The number of carbonyl (C=O) groups is 2. The molecule has 0 aliphatic rings. The molecule has 0 spiro atoms. The van der Waals surface area contributed by atoms with Gasteiger partial charge in [0.05, 0.1) is 17.8 Å². The molecule has 6 nitrogen and oxygen atoms in total. The zero-order valence-corrected chi connectivity index (χ0v) is 21.3. The van der Waals surface area contributed by atoms with Crippen LogP contribution in [-0.2, 0) is 20.5 Å². The highest BCUT2D eigenvalue weighted by Crippen LogP contribution is 2.28. The van der Waals surface area contributed by atoms with E-state index in [0.29, 0.717) is 18.8 Å². The van der Waals surface area contributed by atoms with Crippen LogP contribution in [0, 0.1) is 0 Å². The maximum absolute atomic E-state index is 12.8. The van der Waals surface area contributed by atoms with Crippen molar-refractivity contribution in [3.05, 3.63) is 11.8 Å². The van der Waals surface area contributed by atoms with E-state index in [4.69, 9.17) is 5.10 Å². The van der Waals surface area contributed by atoms with Crippen molar-refractivity contribution >= 4 is 17.6 Å². The fraction of sp³-hybridized carbons (Fsp3) is 0.800. The van der Waals surface area contributed by atoms with E-state index in [0.717, 1.165) is 25.0 Å². The maximum Gasteiger partial charge on any atom is 0.245 e. The molecule has 1 N–H and O–H groups in total. The fourth-order valence-electron chi connectivity index (χ4n) is 3.48. The minimum atomic E-state index is -0.261. The SMILES string of the molecule is CCCCCCCCC(=O)N(CCC)CC(=O)Nc1cc(C(C)(C)C)nn1C(C)(C)C. The minimum absolute atomic E-state index is 0.0761. The van der Waals surface area contributed by atoms with Gasteiger partial charge in [0.15, 0.2) is 0 Å². The summed E-state index contributed by atoms with van der Waals surface area (Å²) in [4.78, 5) is 27.2. The molecule has 6 heteroatoms. The monoisotopic (exact) mass is 434 g/mol. The maximum atomic E-state index is 12.8. The summed E-state index contributed by atoms with van der Waals surface area (Å²) in [5.41, 5.74) is 0.558. The summed E-state index contributed by atoms with van der Waals surface area (Å²) in [7, 11) is 0. The molecule has 31 heavy (non-hydrogen) atoms. The Morgan fingerprint density at radius 2 is 1.58 bits per heavy atom. The lowest BCUT2D eigenvalue weighted by Crippen LogP contribution is -2.39. The molecular weight excluding hydrogens is 388 g/mol. The predicted molar refractivity (Wildman–Crippen MR) is 129 cm³/mol. The summed E-state index contributed by atoms with van der Waals surface area (Å²) in [6.07, 6.45) is 8.25. The molecule has 178 valence electrons. The van der Waals surface area contributed by atoms with Gasteiger partial charge < -0.3 is 10.2 Å². The van der Waals surface area contributed by atoms with E-state index < -0.39 is 0 Å². The lowest BCUT2D eigenvalue weighted by Gasteiger charge is -2.24. The molecule has 0 saturated carbocycles. The van der Waals surface area contributed by atoms with Crippen LogP contribution in [0.5, 0.6) is 0 Å². The first-order valence-electron chi connectivity index (χ1n) is 12.1. The number of rotatable bonds is 12. The third-order valence-electron chi connectivity index (χ3n) is 5.31. The van der Waals surface area contributed by atoms with Crippen LogP contribution in [0.3, 0.4) is 0 Å². The summed E-state index contributed by atoms with van der Waals surface area (Å²) in [6, 6.07) is 1.95. The quantitative estimate of drug-likeness (QED) is 0.419. The third kappa shape index (κ3) is 9.44. The van der Waals surface area contributed by atoms with Crippen LogP contribution in [0.25, 0.3) is 0 Å². The van der Waals surface area contributed by atoms with E-state index >= 15 is 0 Å². The number of hydrogen-bond donors (Lipinski definition) is 1. The Kier molecular flexibility index (Phi) is 10.7. The topological polar surface area (TPSA) is 67.2 Å². The van der Waals surface area contributed by atoms with Gasteiger partial charge in [-0.2, -0.15) is 5.10 Å². The molecule has 0 radical (unpaired) electrons. The van der Waals surface area contributed by atoms with Gasteiger partial charge in [-0.25, -0.2) is 4.68 Å². The number of hydrogen-bond acceptors (Lipinski definition) is 3. The molecule has 0 unspecified atom stereocenters. The number of nitrogens with zero attached hydrogens (tertiary/aromatic N) is 3. The first kappa shape index (κ1) is 27.2. The van der Waals surface area contributed by atoms with E-state index in [1.54, 1.807) is 4.90 Å². The van der Waals surface area contributed by atoms with Gasteiger partial charge in [-0.3, -0.25) is 9.59 Å². The Labute approximate surface area is 190 Å². The molecule has 1 aromatic rings. The van der Waals surface area contributed by atoms with Gasteiger partial charge in [0.25, 0.3) is 0 Å². The standard InChI is InChI=1S/C25H46N4O2/c1-9-11-12-13-14-15-16-23(31)28(17-10-2)19-22(30)26-21-18-20(24(3,4)5)27-29(21)25(6,7)8/h18H,9-17,19H2,1-8H3,(H,26,30). The number of unbranched alkanes of at least 4 members (excludes halogenated alkanes) is 5. The molecule has 0 aromatic carbocycles. The normalized spacial score (nSPS) is 12.1. The molecule has 0 atom stereocenters. The van der Waals surface area contributed by atoms with Crippen molar-refractivity contribution in [2.75, 3.05) is 18.4 Å². The predicted octanol–water partition coefficient (Wildman–Crippen LogP) is 5.86. The van der Waals surface area contributed by atoms with Gasteiger partial charge in [-0.1, -0.05) is 66.7 Å². The van der Waals surface area contributed by atoms with Crippen molar-refractivity contribution in [2.24, 2.45) is 0 Å². The van der Waals surface area contributed by atoms with Crippen molar-refractivity contribution in [2.45, 2.75) is 118 Å². The average molecular weight is 435 g/mol. The van der Waals surface area contributed by atoms with Gasteiger partial charge in [-0.05, 0) is 33.6 Å². The zero-order chi connectivity index (χ0) is 23.7.